The highest BCUT2D eigenvalue weighted by Gasteiger charge is 2.07. The number of carboxylic acids is 1. The third-order valence-corrected chi connectivity index (χ3v) is 2.33. The summed E-state index contributed by atoms with van der Waals surface area (Å²) < 4.78 is 0. The summed E-state index contributed by atoms with van der Waals surface area (Å²) in [6.07, 6.45) is 1.31. The maximum atomic E-state index is 10.8. The van der Waals surface area contributed by atoms with Crippen LogP contribution in [-0.4, -0.2) is 21.0 Å². The molecule has 7 heteroatoms. The number of nitrogens with zero attached hydrogens (tertiary/aromatic N) is 2. The number of rotatable bonds is 4. The van der Waals surface area contributed by atoms with Crippen LogP contribution in [0.3, 0.4) is 0 Å². The zero-order valence-corrected chi connectivity index (χ0v) is 9.61. The number of aromatic nitrogens is 1. The third kappa shape index (κ3) is 3.03. The van der Waals surface area contributed by atoms with Crippen LogP contribution in [-0.2, 0) is 0 Å². The largest absolute Gasteiger partial charge is 0.478 e. The maximum absolute atomic E-state index is 10.8. The smallest absolute Gasteiger partial charge is 0.363 e. The van der Waals surface area contributed by atoms with Crippen LogP contribution in [0, 0.1) is 10.1 Å². The highest BCUT2D eigenvalue weighted by atomic mass is 16.6. The first-order valence-corrected chi connectivity index (χ1v) is 5.27. The van der Waals surface area contributed by atoms with Gasteiger partial charge in [-0.15, -0.1) is 0 Å². The van der Waals surface area contributed by atoms with Crippen molar-refractivity contribution in [1.29, 1.82) is 0 Å². The second kappa shape index (κ2) is 5.13. The molecule has 96 valence electrons. The number of anilines is 2. The molecule has 0 unspecified atom stereocenters. The van der Waals surface area contributed by atoms with Gasteiger partial charge in [-0.05, 0) is 34.2 Å². The molecular formula is C12H9N3O4. The van der Waals surface area contributed by atoms with Crippen molar-refractivity contribution in [1.82, 2.24) is 4.98 Å². The van der Waals surface area contributed by atoms with E-state index in [2.05, 4.69) is 10.3 Å². The van der Waals surface area contributed by atoms with E-state index >= 15 is 0 Å². The molecule has 0 atom stereocenters. The molecule has 0 saturated heterocycles. The first-order valence-electron chi connectivity index (χ1n) is 5.27. The van der Waals surface area contributed by atoms with E-state index in [-0.39, 0.29) is 11.4 Å². The summed E-state index contributed by atoms with van der Waals surface area (Å²) in [6, 6.07) is 8.99. The lowest BCUT2D eigenvalue weighted by Crippen LogP contribution is -1.98. The highest BCUT2D eigenvalue weighted by molar-refractivity contribution is 5.89. The lowest BCUT2D eigenvalue weighted by atomic mass is 10.2. The van der Waals surface area contributed by atoms with Crippen molar-refractivity contribution in [2.45, 2.75) is 0 Å². The highest BCUT2D eigenvalue weighted by Crippen LogP contribution is 2.18. The molecule has 2 rings (SSSR count). The Morgan fingerprint density at radius 3 is 2.63 bits per heavy atom. The Kier molecular flexibility index (Phi) is 3.37. The Hall–Kier alpha value is -2.96. The number of pyridine rings is 1. The SMILES string of the molecule is O=C(O)c1cccc(Nc2ccc([N+](=O)[O-])nc2)c1. The number of benzene rings is 1. The molecule has 0 aliphatic heterocycles. The first-order chi connectivity index (χ1) is 9.06. The average Bonchev–Trinajstić information content (AvgIpc) is 2.39. The second-order valence-corrected chi connectivity index (χ2v) is 3.67. The maximum Gasteiger partial charge on any atom is 0.363 e. The molecule has 0 fully saturated rings. The van der Waals surface area contributed by atoms with Crippen LogP contribution in [0.5, 0.6) is 0 Å². The Balaban J connectivity index is 2.19. The van der Waals surface area contributed by atoms with Gasteiger partial charge in [-0.2, -0.15) is 0 Å². The van der Waals surface area contributed by atoms with E-state index in [0.717, 1.165) is 0 Å². The van der Waals surface area contributed by atoms with Crippen LogP contribution in [0.2, 0.25) is 0 Å². The van der Waals surface area contributed by atoms with Crippen LogP contribution in [0.15, 0.2) is 42.6 Å². The van der Waals surface area contributed by atoms with Crippen molar-refractivity contribution < 1.29 is 14.8 Å². The summed E-state index contributed by atoms with van der Waals surface area (Å²) in [5.41, 5.74) is 1.25. The Morgan fingerprint density at radius 1 is 1.26 bits per heavy atom. The van der Waals surface area contributed by atoms with Crippen molar-refractivity contribution >= 4 is 23.2 Å². The standard InChI is InChI=1S/C12H9N3O4/c16-12(17)8-2-1-3-9(6-8)14-10-4-5-11(13-7-10)15(18)19/h1-7,14H,(H,16,17). The van der Waals surface area contributed by atoms with Crippen molar-refractivity contribution in [3.05, 3.63) is 58.3 Å². The molecule has 2 aromatic rings. The minimum absolute atomic E-state index is 0.153. The van der Waals surface area contributed by atoms with Gasteiger partial charge in [-0.25, -0.2) is 4.79 Å². The van der Waals surface area contributed by atoms with E-state index in [0.29, 0.717) is 11.4 Å². The molecular weight excluding hydrogens is 250 g/mol. The van der Waals surface area contributed by atoms with E-state index < -0.39 is 10.9 Å². The van der Waals surface area contributed by atoms with E-state index in [1.54, 1.807) is 12.1 Å². The number of nitro groups is 1. The number of hydrogen-bond acceptors (Lipinski definition) is 5. The van der Waals surface area contributed by atoms with Crippen LogP contribution in [0.1, 0.15) is 10.4 Å². The first kappa shape index (κ1) is 12.5. The number of aromatic carboxylic acids is 1. The van der Waals surface area contributed by atoms with E-state index in [1.807, 2.05) is 0 Å². The summed E-state index contributed by atoms with van der Waals surface area (Å²) in [4.78, 5) is 24.3. The Morgan fingerprint density at radius 2 is 2.05 bits per heavy atom. The van der Waals surface area contributed by atoms with Crippen molar-refractivity contribution in [3.63, 3.8) is 0 Å². The lowest BCUT2D eigenvalue weighted by Gasteiger charge is -2.05. The van der Waals surface area contributed by atoms with Crippen molar-refractivity contribution in [3.8, 4) is 0 Å². The minimum atomic E-state index is -1.02. The summed E-state index contributed by atoms with van der Waals surface area (Å²) in [5, 5.41) is 22.2. The van der Waals surface area contributed by atoms with Crippen molar-refractivity contribution in [2.24, 2.45) is 0 Å². The number of carbonyl (C=O) groups is 1. The minimum Gasteiger partial charge on any atom is -0.478 e. The molecule has 0 aliphatic rings. The zero-order chi connectivity index (χ0) is 13.8. The lowest BCUT2D eigenvalue weighted by molar-refractivity contribution is -0.389. The van der Waals surface area contributed by atoms with Gasteiger partial charge in [0.1, 0.15) is 0 Å². The fourth-order valence-corrected chi connectivity index (χ4v) is 1.46. The molecule has 0 bridgehead atoms. The summed E-state index contributed by atoms with van der Waals surface area (Å²) in [5.74, 6) is -1.27. The van der Waals surface area contributed by atoms with E-state index in [1.165, 1.54) is 30.5 Å². The molecule has 2 N–H and O–H groups in total. The molecule has 1 aromatic carbocycles. The fourth-order valence-electron chi connectivity index (χ4n) is 1.46. The predicted octanol–water partition coefficient (Wildman–Crippen LogP) is 2.43. The Labute approximate surface area is 107 Å². The molecule has 19 heavy (non-hydrogen) atoms. The molecule has 0 radical (unpaired) electrons. The number of carboxylic acid groups (broad SMARTS) is 1. The van der Waals surface area contributed by atoms with Gasteiger partial charge in [0.2, 0.25) is 0 Å². The topological polar surface area (TPSA) is 105 Å². The van der Waals surface area contributed by atoms with Gasteiger partial charge in [0.25, 0.3) is 0 Å². The van der Waals surface area contributed by atoms with Crippen LogP contribution in [0.25, 0.3) is 0 Å². The predicted molar refractivity (Wildman–Crippen MR) is 67.6 cm³/mol. The third-order valence-electron chi connectivity index (χ3n) is 2.33. The number of hydrogen-bond donors (Lipinski definition) is 2. The van der Waals surface area contributed by atoms with Gasteiger partial charge in [0, 0.05) is 11.8 Å². The Bertz CT molecular complexity index is 625. The van der Waals surface area contributed by atoms with Gasteiger partial charge in [0.15, 0.2) is 6.20 Å². The molecule has 1 aromatic heterocycles. The molecule has 1 heterocycles. The molecule has 0 aliphatic carbocycles. The molecule has 0 amide bonds. The van der Waals surface area contributed by atoms with Gasteiger partial charge in [-0.1, -0.05) is 6.07 Å². The van der Waals surface area contributed by atoms with E-state index in [4.69, 9.17) is 5.11 Å². The van der Waals surface area contributed by atoms with Gasteiger partial charge in [-0.3, -0.25) is 0 Å². The van der Waals surface area contributed by atoms with Crippen LogP contribution < -0.4 is 5.32 Å². The average molecular weight is 259 g/mol. The second-order valence-electron chi connectivity index (χ2n) is 3.67. The zero-order valence-electron chi connectivity index (χ0n) is 9.61. The van der Waals surface area contributed by atoms with Gasteiger partial charge in [0.05, 0.1) is 11.3 Å². The summed E-state index contributed by atoms with van der Waals surface area (Å²) in [7, 11) is 0. The van der Waals surface area contributed by atoms with E-state index in [9.17, 15) is 14.9 Å². The molecule has 7 nitrogen and oxygen atoms in total. The molecule has 0 spiro atoms. The fraction of sp³-hybridized carbons (Fsp3) is 0. The monoisotopic (exact) mass is 259 g/mol. The van der Waals surface area contributed by atoms with Crippen molar-refractivity contribution in [2.75, 3.05) is 5.32 Å². The van der Waals surface area contributed by atoms with Crippen LogP contribution >= 0.6 is 0 Å². The quantitative estimate of drug-likeness (QED) is 0.645. The van der Waals surface area contributed by atoms with Gasteiger partial charge < -0.3 is 20.5 Å². The summed E-state index contributed by atoms with van der Waals surface area (Å²) >= 11 is 0. The number of nitrogens with one attached hydrogen (secondary N) is 1. The van der Waals surface area contributed by atoms with Crippen LogP contribution in [0.4, 0.5) is 17.2 Å². The summed E-state index contributed by atoms with van der Waals surface area (Å²) in [6.45, 7) is 0. The molecule has 0 saturated carbocycles. The normalized spacial score (nSPS) is 9.89. The van der Waals surface area contributed by atoms with Gasteiger partial charge >= 0.3 is 11.8 Å².